The zero-order chi connectivity index (χ0) is 14.4. The summed E-state index contributed by atoms with van der Waals surface area (Å²) in [6, 6.07) is -0.809. The molecular formula is C10H9N5O4S. The van der Waals surface area contributed by atoms with Crippen LogP contribution in [-0.2, 0) is 9.59 Å². The number of imide groups is 1. The van der Waals surface area contributed by atoms with Gasteiger partial charge in [0, 0.05) is 12.4 Å². The minimum Gasteiger partial charge on any atom is -0.358 e. The number of nitrogens with zero attached hydrogens (tertiary/aromatic N) is 4. The second kappa shape index (κ2) is 4.27. The first-order chi connectivity index (χ1) is 9.49. The predicted molar refractivity (Wildman–Crippen MR) is 69.5 cm³/mol. The van der Waals surface area contributed by atoms with Crippen molar-refractivity contribution in [1.29, 1.82) is 0 Å². The van der Waals surface area contributed by atoms with Crippen LogP contribution >= 0.6 is 11.3 Å². The van der Waals surface area contributed by atoms with Gasteiger partial charge < -0.3 is 15.4 Å². The van der Waals surface area contributed by atoms with Crippen LogP contribution in [-0.4, -0.2) is 44.1 Å². The van der Waals surface area contributed by atoms with Crippen molar-refractivity contribution in [2.45, 2.75) is 12.5 Å². The number of fused-ring (bicyclic) bond motifs is 1. The Kier molecular flexibility index (Phi) is 2.67. The quantitative estimate of drug-likeness (QED) is 0.501. The monoisotopic (exact) mass is 295 g/mol. The third kappa shape index (κ3) is 1.72. The molecule has 2 aromatic heterocycles. The molecule has 1 saturated heterocycles. The summed E-state index contributed by atoms with van der Waals surface area (Å²) in [5, 5.41) is 15.5. The van der Waals surface area contributed by atoms with Crippen molar-refractivity contribution in [2.75, 3.05) is 12.4 Å². The number of imidazole rings is 1. The van der Waals surface area contributed by atoms with Gasteiger partial charge in [0.2, 0.25) is 11.7 Å². The summed E-state index contributed by atoms with van der Waals surface area (Å²) in [6.07, 6.45) is 1.50. The van der Waals surface area contributed by atoms with Gasteiger partial charge in [-0.1, -0.05) is 11.3 Å². The summed E-state index contributed by atoms with van der Waals surface area (Å²) in [5.74, 6) is -0.976. The van der Waals surface area contributed by atoms with Crippen LogP contribution in [0.15, 0.2) is 11.6 Å². The third-order valence-corrected chi connectivity index (χ3v) is 3.86. The third-order valence-electron chi connectivity index (χ3n) is 3.10. The van der Waals surface area contributed by atoms with Gasteiger partial charge in [-0.15, -0.1) is 0 Å². The highest BCUT2D eigenvalue weighted by atomic mass is 32.1. The zero-order valence-corrected chi connectivity index (χ0v) is 11.1. The maximum Gasteiger partial charge on any atom is 0.372 e. The Labute approximate surface area is 116 Å². The van der Waals surface area contributed by atoms with Crippen LogP contribution < -0.4 is 5.32 Å². The number of anilines is 1. The van der Waals surface area contributed by atoms with E-state index in [1.165, 1.54) is 29.0 Å². The molecule has 0 aromatic carbocycles. The van der Waals surface area contributed by atoms with E-state index in [4.69, 9.17) is 0 Å². The van der Waals surface area contributed by atoms with Gasteiger partial charge in [0.25, 0.3) is 10.9 Å². The molecule has 9 nitrogen and oxygen atoms in total. The Morgan fingerprint density at radius 1 is 1.55 bits per heavy atom. The Morgan fingerprint density at radius 3 is 2.90 bits per heavy atom. The molecule has 2 aromatic rings. The van der Waals surface area contributed by atoms with Gasteiger partial charge in [-0.2, -0.15) is 9.38 Å². The fourth-order valence-corrected chi connectivity index (χ4v) is 2.79. The van der Waals surface area contributed by atoms with Crippen molar-refractivity contribution in [2.24, 2.45) is 0 Å². The summed E-state index contributed by atoms with van der Waals surface area (Å²) in [4.78, 5) is 39.3. The normalized spacial score (nSPS) is 19.1. The zero-order valence-electron chi connectivity index (χ0n) is 10.3. The lowest BCUT2D eigenvalue weighted by atomic mass is 10.2. The van der Waals surface area contributed by atoms with E-state index in [1.54, 1.807) is 5.38 Å². The molecule has 1 unspecified atom stereocenters. The van der Waals surface area contributed by atoms with Crippen molar-refractivity contribution in [3.05, 3.63) is 21.7 Å². The smallest absolute Gasteiger partial charge is 0.358 e. The molecule has 3 heterocycles. The number of hydrogen-bond acceptors (Lipinski definition) is 7. The van der Waals surface area contributed by atoms with Crippen molar-refractivity contribution in [1.82, 2.24) is 14.3 Å². The second-order valence-corrected chi connectivity index (χ2v) is 5.16. The van der Waals surface area contributed by atoms with E-state index >= 15 is 0 Å². The summed E-state index contributed by atoms with van der Waals surface area (Å²) < 4.78 is 1.33. The first-order valence-electron chi connectivity index (χ1n) is 5.66. The molecule has 0 radical (unpaired) electrons. The molecule has 1 atom stereocenters. The number of amides is 2. The standard InChI is InChI=1S/C10H9N5O4S/c1-13-6(16)4-5(9(13)17)11-7-8(15(18)19)14-2-3-20-10(14)12-7/h2-3,5,11H,4H2,1H3. The van der Waals surface area contributed by atoms with Crippen molar-refractivity contribution >= 4 is 39.7 Å². The van der Waals surface area contributed by atoms with E-state index < -0.39 is 16.9 Å². The van der Waals surface area contributed by atoms with Gasteiger partial charge in [0.1, 0.15) is 12.2 Å². The van der Waals surface area contributed by atoms with Gasteiger partial charge in [-0.3, -0.25) is 14.5 Å². The fraction of sp³-hybridized carbons (Fsp3) is 0.300. The Hall–Kier alpha value is -2.49. The number of nitro groups is 1. The van der Waals surface area contributed by atoms with Crippen LogP contribution in [0.1, 0.15) is 6.42 Å². The second-order valence-electron chi connectivity index (χ2n) is 4.29. The lowest BCUT2D eigenvalue weighted by molar-refractivity contribution is -0.389. The van der Waals surface area contributed by atoms with Crippen LogP contribution in [0.3, 0.4) is 0 Å². The lowest BCUT2D eigenvalue weighted by Gasteiger charge is -2.09. The van der Waals surface area contributed by atoms with E-state index in [-0.39, 0.29) is 24.0 Å². The van der Waals surface area contributed by atoms with Crippen LogP contribution in [0.2, 0.25) is 0 Å². The first-order valence-corrected chi connectivity index (χ1v) is 6.54. The fourth-order valence-electron chi connectivity index (χ4n) is 2.08. The number of likely N-dealkylation sites (N-methyl/N-ethyl adjacent to an activating group) is 1. The van der Waals surface area contributed by atoms with Crippen LogP contribution in [0.5, 0.6) is 0 Å². The van der Waals surface area contributed by atoms with E-state index in [0.29, 0.717) is 4.96 Å². The largest absolute Gasteiger partial charge is 0.372 e. The van der Waals surface area contributed by atoms with E-state index in [2.05, 4.69) is 10.3 Å². The SMILES string of the molecule is CN1C(=O)CC(Nc2nc3sccn3c2[N+](=O)[O-])C1=O. The Morgan fingerprint density at radius 2 is 2.30 bits per heavy atom. The summed E-state index contributed by atoms with van der Waals surface area (Å²) in [6.45, 7) is 0. The van der Waals surface area contributed by atoms with E-state index in [0.717, 1.165) is 4.90 Å². The van der Waals surface area contributed by atoms with Crippen molar-refractivity contribution in [3.8, 4) is 0 Å². The van der Waals surface area contributed by atoms with Gasteiger partial charge in [0.05, 0.1) is 6.42 Å². The number of rotatable bonds is 3. The first kappa shape index (κ1) is 12.5. The van der Waals surface area contributed by atoms with E-state index in [9.17, 15) is 19.7 Å². The number of thiazole rings is 1. The maximum atomic E-state index is 11.8. The molecule has 3 rings (SSSR count). The number of carbonyl (C=O) groups excluding carboxylic acids is 2. The van der Waals surface area contributed by atoms with Gasteiger partial charge in [-0.25, -0.2) is 0 Å². The van der Waals surface area contributed by atoms with Gasteiger partial charge in [-0.05, 0) is 4.92 Å². The summed E-state index contributed by atoms with van der Waals surface area (Å²) in [5.41, 5.74) is 0. The molecule has 1 aliphatic rings. The average Bonchev–Trinajstić information content (AvgIpc) is 3.00. The van der Waals surface area contributed by atoms with Crippen molar-refractivity contribution < 1.29 is 14.5 Å². The van der Waals surface area contributed by atoms with Crippen LogP contribution in [0, 0.1) is 10.1 Å². The van der Waals surface area contributed by atoms with Gasteiger partial charge >= 0.3 is 5.82 Å². The number of nitrogens with one attached hydrogen (secondary N) is 1. The highest BCUT2D eigenvalue weighted by Gasteiger charge is 2.38. The number of aromatic nitrogens is 2. The van der Waals surface area contributed by atoms with E-state index in [1.807, 2.05) is 0 Å². The molecule has 0 saturated carbocycles. The number of likely N-dealkylation sites (tertiary alicyclic amines) is 1. The number of carbonyl (C=O) groups is 2. The minimum absolute atomic E-state index is 0.00306. The van der Waals surface area contributed by atoms with Gasteiger partial charge in [0.15, 0.2) is 0 Å². The average molecular weight is 295 g/mol. The van der Waals surface area contributed by atoms with Crippen molar-refractivity contribution in [3.63, 3.8) is 0 Å². The van der Waals surface area contributed by atoms with Crippen LogP contribution in [0.4, 0.5) is 11.6 Å². The van der Waals surface area contributed by atoms with Crippen LogP contribution in [0.25, 0.3) is 4.96 Å². The molecular weight excluding hydrogens is 286 g/mol. The molecule has 20 heavy (non-hydrogen) atoms. The molecule has 0 spiro atoms. The highest BCUT2D eigenvalue weighted by Crippen LogP contribution is 2.29. The Bertz CT molecular complexity index is 735. The molecule has 2 amide bonds. The predicted octanol–water partition coefficient (Wildman–Crippen LogP) is 0.473. The highest BCUT2D eigenvalue weighted by molar-refractivity contribution is 7.15. The number of hydrogen-bond donors (Lipinski definition) is 1. The topological polar surface area (TPSA) is 110 Å². The molecule has 10 heteroatoms. The summed E-state index contributed by atoms with van der Waals surface area (Å²) >= 11 is 1.24. The molecule has 1 N–H and O–H groups in total. The summed E-state index contributed by atoms with van der Waals surface area (Å²) in [7, 11) is 1.38. The molecule has 0 bridgehead atoms. The molecule has 0 aliphatic carbocycles. The maximum absolute atomic E-state index is 11.8. The molecule has 104 valence electrons. The lowest BCUT2D eigenvalue weighted by Crippen LogP contribution is -2.32. The molecule has 1 aliphatic heterocycles. The Balaban J connectivity index is 1.97. The molecule has 1 fully saturated rings. The minimum atomic E-state index is -0.809.